The van der Waals surface area contributed by atoms with Crippen LogP contribution in [0, 0.1) is 0 Å². The monoisotopic (exact) mass is 461 g/mol. The minimum atomic E-state index is -0.446. The Balaban J connectivity index is 1.57. The highest BCUT2D eigenvalue weighted by molar-refractivity contribution is 6.37. The summed E-state index contributed by atoms with van der Waals surface area (Å²) in [6.45, 7) is 8.55. The number of carbonyl (C=O) groups is 1. The van der Waals surface area contributed by atoms with Gasteiger partial charge >= 0.3 is 5.97 Å². The van der Waals surface area contributed by atoms with E-state index >= 15 is 0 Å². The van der Waals surface area contributed by atoms with Crippen LogP contribution in [0.15, 0.2) is 42.5 Å². The molecule has 31 heavy (non-hydrogen) atoms. The van der Waals surface area contributed by atoms with Crippen molar-refractivity contribution >= 4 is 41.3 Å². The smallest absolute Gasteiger partial charge is 0.307 e. The maximum absolute atomic E-state index is 12.0. The fourth-order valence-electron chi connectivity index (χ4n) is 3.42. The number of esters is 1. The Morgan fingerprint density at radius 3 is 2.45 bits per heavy atom. The maximum atomic E-state index is 12.0. The van der Waals surface area contributed by atoms with E-state index in [0.29, 0.717) is 29.6 Å². The summed E-state index contributed by atoms with van der Waals surface area (Å²) >= 11 is 12.5. The first-order chi connectivity index (χ1) is 14.7. The number of halogens is 2. The van der Waals surface area contributed by atoms with Crippen LogP contribution in [-0.2, 0) is 14.3 Å². The van der Waals surface area contributed by atoms with Gasteiger partial charge in [-0.1, -0.05) is 65.7 Å². The lowest BCUT2D eigenvalue weighted by atomic mass is 10.0. The number of rotatable bonds is 6. The van der Waals surface area contributed by atoms with E-state index in [0.717, 1.165) is 29.8 Å². The molecular formula is C25H29Cl2NO3. The average Bonchev–Trinajstić information content (AvgIpc) is 2.71. The van der Waals surface area contributed by atoms with Crippen molar-refractivity contribution in [3.63, 3.8) is 0 Å². The Hall–Kier alpha value is -1.85. The molecule has 1 aliphatic heterocycles. The third-order valence-electron chi connectivity index (χ3n) is 4.95. The van der Waals surface area contributed by atoms with E-state index in [4.69, 9.17) is 32.7 Å². The molecule has 1 aliphatic rings. The highest BCUT2D eigenvalue weighted by Crippen LogP contribution is 2.27. The van der Waals surface area contributed by atoms with Gasteiger partial charge in [-0.2, -0.15) is 0 Å². The molecule has 0 N–H and O–H groups in total. The van der Waals surface area contributed by atoms with Crippen molar-refractivity contribution in [1.29, 1.82) is 0 Å². The Morgan fingerprint density at radius 2 is 1.81 bits per heavy atom. The molecule has 3 rings (SSSR count). The molecule has 6 heteroatoms. The maximum Gasteiger partial charge on any atom is 0.307 e. The lowest BCUT2D eigenvalue weighted by molar-refractivity contribution is -0.155. The van der Waals surface area contributed by atoms with E-state index in [1.165, 1.54) is 0 Å². The number of hydrogen-bond donors (Lipinski definition) is 0. The van der Waals surface area contributed by atoms with Crippen molar-refractivity contribution in [2.45, 2.75) is 38.9 Å². The lowest BCUT2D eigenvalue weighted by Gasteiger charge is -2.33. The molecule has 1 unspecified atom stereocenters. The summed E-state index contributed by atoms with van der Waals surface area (Å²) < 4.78 is 11.4. The van der Waals surface area contributed by atoms with Gasteiger partial charge in [0.25, 0.3) is 0 Å². The second kappa shape index (κ2) is 10.6. The van der Waals surface area contributed by atoms with Gasteiger partial charge in [0, 0.05) is 35.2 Å². The van der Waals surface area contributed by atoms with Crippen LogP contribution < -0.4 is 0 Å². The van der Waals surface area contributed by atoms with Crippen molar-refractivity contribution in [3.05, 3.63) is 69.2 Å². The van der Waals surface area contributed by atoms with Crippen LogP contribution in [0.25, 0.3) is 12.2 Å². The minimum Gasteiger partial charge on any atom is -0.460 e. The van der Waals surface area contributed by atoms with E-state index in [1.54, 1.807) is 0 Å². The molecule has 0 radical (unpaired) electrons. The fourth-order valence-corrected chi connectivity index (χ4v) is 3.94. The van der Waals surface area contributed by atoms with Gasteiger partial charge < -0.3 is 9.47 Å². The predicted molar refractivity (Wildman–Crippen MR) is 127 cm³/mol. The van der Waals surface area contributed by atoms with Crippen LogP contribution in [0.5, 0.6) is 0 Å². The van der Waals surface area contributed by atoms with E-state index in [9.17, 15) is 4.79 Å². The first-order valence-corrected chi connectivity index (χ1v) is 11.2. The number of morpholine rings is 1. The zero-order valence-electron chi connectivity index (χ0n) is 18.2. The van der Waals surface area contributed by atoms with E-state index in [2.05, 4.69) is 29.2 Å². The third-order valence-corrected chi connectivity index (χ3v) is 5.61. The van der Waals surface area contributed by atoms with Gasteiger partial charge in [0.15, 0.2) is 0 Å². The zero-order valence-corrected chi connectivity index (χ0v) is 19.7. The minimum absolute atomic E-state index is 0.0107. The summed E-state index contributed by atoms with van der Waals surface area (Å²) in [5, 5.41) is 1.25. The number of ether oxygens (including phenoxy) is 2. The molecule has 0 aliphatic carbocycles. The average molecular weight is 462 g/mol. The molecule has 2 aromatic rings. The highest BCUT2D eigenvalue weighted by atomic mass is 35.5. The van der Waals surface area contributed by atoms with Gasteiger partial charge in [-0.15, -0.1) is 0 Å². The Bertz CT molecular complexity index is 899. The van der Waals surface area contributed by atoms with E-state index < -0.39 is 5.60 Å². The zero-order chi connectivity index (χ0) is 22.4. The number of benzene rings is 2. The highest BCUT2D eigenvalue weighted by Gasteiger charge is 2.23. The molecule has 1 heterocycles. The largest absolute Gasteiger partial charge is 0.460 e. The van der Waals surface area contributed by atoms with Gasteiger partial charge in [-0.3, -0.25) is 9.69 Å². The van der Waals surface area contributed by atoms with Gasteiger partial charge in [0.05, 0.1) is 19.1 Å². The molecule has 1 fully saturated rings. The fraction of sp³-hybridized carbons (Fsp3) is 0.400. The molecule has 1 atom stereocenters. The predicted octanol–water partition coefficient (Wildman–Crippen LogP) is 6.27. The van der Waals surface area contributed by atoms with Crippen molar-refractivity contribution in [2.24, 2.45) is 0 Å². The first-order valence-electron chi connectivity index (χ1n) is 10.5. The lowest BCUT2D eigenvalue weighted by Crippen LogP contribution is -2.39. The summed E-state index contributed by atoms with van der Waals surface area (Å²) in [5.74, 6) is -0.162. The summed E-state index contributed by atoms with van der Waals surface area (Å²) in [6, 6.07) is 13.7. The first kappa shape index (κ1) is 23.8. The van der Waals surface area contributed by atoms with Crippen LogP contribution in [-0.4, -0.2) is 42.7 Å². The summed E-state index contributed by atoms with van der Waals surface area (Å²) in [4.78, 5) is 14.2. The molecule has 2 aromatic carbocycles. The quantitative estimate of drug-likeness (QED) is 0.375. The second-order valence-corrected chi connectivity index (χ2v) is 9.45. The molecule has 0 aromatic heterocycles. The SMILES string of the molecule is CC(C)(C)OC(=O)CCN1CCOC(c2ccc(/C=C/c3c(Cl)cccc3Cl)cc2)C1. The molecule has 0 amide bonds. The van der Waals surface area contributed by atoms with Crippen molar-refractivity contribution in [1.82, 2.24) is 4.90 Å². The number of hydrogen-bond acceptors (Lipinski definition) is 4. The topological polar surface area (TPSA) is 38.8 Å². The number of carbonyl (C=O) groups excluding carboxylic acids is 1. The van der Waals surface area contributed by atoms with Crippen LogP contribution in [0.4, 0.5) is 0 Å². The van der Waals surface area contributed by atoms with Crippen molar-refractivity contribution in [2.75, 3.05) is 26.2 Å². The standard InChI is InChI=1S/C25H29Cl2NO3/c1-25(2,3)31-24(29)13-14-28-15-16-30-23(17-28)19-10-7-18(8-11-19)9-12-20-21(26)5-4-6-22(20)27/h4-12,23H,13-17H2,1-3H3/b12-9+. The molecule has 0 saturated carbocycles. The summed E-state index contributed by atoms with van der Waals surface area (Å²) in [6.07, 6.45) is 4.29. The Kier molecular flexibility index (Phi) is 8.17. The van der Waals surface area contributed by atoms with Gasteiger partial charge in [0.2, 0.25) is 0 Å². The van der Waals surface area contributed by atoms with E-state index in [-0.39, 0.29) is 12.1 Å². The third kappa shape index (κ3) is 7.36. The molecular weight excluding hydrogens is 433 g/mol. The summed E-state index contributed by atoms with van der Waals surface area (Å²) in [7, 11) is 0. The molecule has 166 valence electrons. The van der Waals surface area contributed by atoms with Crippen LogP contribution in [0.2, 0.25) is 10.0 Å². The van der Waals surface area contributed by atoms with Gasteiger partial charge in [-0.25, -0.2) is 0 Å². The van der Waals surface area contributed by atoms with Crippen LogP contribution in [0.1, 0.15) is 50.0 Å². The second-order valence-electron chi connectivity index (χ2n) is 8.63. The van der Waals surface area contributed by atoms with Gasteiger partial charge in [-0.05, 0) is 44.0 Å². The Morgan fingerprint density at radius 1 is 1.13 bits per heavy atom. The molecule has 4 nitrogen and oxygen atoms in total. The normalized spacial score (nSPS) is 17.8. The summed E-state index contributed by atoms with van der Waals surface area (Å²) in [5.41, 5.74) is 2.54. The van der Waals surface area contributed by atoms with Crippen molar-refractivity contribution < 1.29 is 14.3 Å². The molecule has 0 spiro atoms. The van der Waals surface area contributed by atoms with Crippen LogP contribution >= 0.6 is 23.2 Å². The molecule has 1 saturated heterocycles. The number of nitrogens with zero attached hydrogens (tertiary/aromatic N) is 1. The van der Waals surface area contributed by atoms with E-state index in [1.807, 2.05) is 51.1 Å². The Labute approximate surface area is 194 Å². The van der Waals surface area contributed by atoms with Crippen LogP contribution in [0.3, 0.4) is 0 Å². The molecule has 0 bridgehead atoms. The van der Waals surface area contributed by atoms with Gasteiger partial charge in [0.1, 0.15) is 5.60 Å². The van der Waals surface area contributed by atoms with Crippen molar-refractivity contribution in [3.8, 4) is 0 Å².